The van der Waals surface area contributed by atoms with Crippen LogP contribution in [0.5, 0.6) is 0 Å². The van der Waals surface area contributed by atoms with Crippen molar-refractivity contribution in [1.29, 1.82) is 0 Å². The van der Waals surface area contributed by atoms with E-state index in [-0.39, 0.29) is 17.6 Å². The van der Waals surface area contributed by atoms with Crippen molar-refractivity contribution >= 4 is 17.9 Å². The highest BCUT2D eigenvalue weighted by Crippen LogP contribution is 1.96. The first kappa shape index (κ1) is 15.1. The van der Waals surface area contributed by atoms with E-state index in [1.165, 1.54) is 0 Å². The normalized spacial score (nSPS) is 11.4. The zero-order valence-electron chi connectivity index (χ0n) is 9.75. The number of carbonyl (C=O) groups excluding carboxylic acids is 1. The molecular formula is C10H16NO6+. The fraction of sp³-hybridized carbons (Fsp3) is 0.500. The van der Waals surface area contributed by atoms with Crippen LogP contribution in [0.3, 0.4) is 0 Å². The van der Waals surface area contributed by atoms with Crippen molar-refractivity contribution in [3.8, 4) is 0 Å². The molecule has 0 saturated heterocycles. The minimum atomic E-state index is -1.23. The summed E-state index contributed by atoms with van der Waals surface area (Å²) in [6, 6.07) is 0. The molecule has 96 valence electrons. The second kappa shape index (κ2) is 6.64. The van der Waals surface area contributed by atoms with Crippen molar-refractivity contribution in [3.63, 3.8) is 0 Å². The zero-order valence-corrected chi connectivity index (χ0v) is 9.75. The second-order valence-electron chi connectivity index (χ2n) is 4.05. The van der Waals surface area contributed by atoms with E-state index < -0.39 is 17.9 Å². The Morgan fingerprint density at radius 2 is 1.76 bits per heavy atom. The maximum atomic E-state index is 11.0. The van der Waals surface area contributed by atoms with Crippen LogP contribution in [0.4, 0.5) is 0 Å². The van der Waals surface area contributed by atoms with E-state index in [0.717, 1.165) is 6.08 Å². The lowest BCUT2D eigenvalue weighted by Gasteiger charge is -2.27. The quantitative estimate of drug-likeness (QED) is 0.351. The first-order valence-corrected chi connectivity index (χ1v) is 4.84. The number of quaternary nitrogens is 1. The molecule has 0 amide bonds. The van der Waals surface area contributed by atoms with Gasteiger partial charge in [0.25, 0.3) is 0 Å². The third-order valence-electron chi connectivity index (χ3n) is 1.87. The molecule has 7 nitrogen and oxygen atoms in total. The van der Waals surface area contributed by atoms with Crippen LogP contribution in [0.15, 0.2) is 12.2 Å². The fourth-order valence-electron chi connectivity index (χ4n) is 1.03. The van der Waals surface area contributed by atoms with Crippen molar-refractivity contribution in [1.82, 2.24) is 0 Å². The average molecular weight is 246 g/mol. The van der Waals surface area contributed by atoms with Gasteiger partial charge in [0.05, 0.1) is 14.1 Å². The Morgan fingerprint density at radius 3 is 2.24 bits per heavy atom. The molecule has 7 heteroatoms. The van der Waals surface area contributed by atoms with E-state index in [2.05, 4.69) is 0 Å². The predicted molar refractivity (Wildman–Crippen MR) is 57.2 cm³/mol. The van der Waals surface area contributed by atoms with Crippen LogP contribution in [0.25, 0.3) is 0 Å². The highest BCUT2D eigenvalue weighted by atomic mass is 16.5. The minimum Gasteiger partial charge on any atom is -0.478 e. The molecule has 17 heavy (non-hydrogen) atoms. The minimum absolute atomic E-state index is 0.0308. The number of likely N-dealkylation sites (N-methyl/N-ethyl adjacent to an activating group) is 1. The molecule has 0 saturated carbocycles. The van der Waals surface area contributed by atoms with Crippen LogP contribution in [0.2, 0.25) is 0 Å². The summed E-state index contributed by atoms with van der Waals surface area (Å²) < 4.78 is 4.88. The van der Waals surface area contributed by atoms with Crippen molar-refractivity contribution in [2.45, 2.75) is 0 Å². The molecule has 0 aliphatic heterocycles. The van der Waals surface area contributed by atoms with E-state index in [9.17, 15) is 14.4 Å². The summed E-state index contributed by atoms with van der Waals surface area (Å²) >= 11 is 0. The summed E-state index contributed by atoms with van der Waals surface area (Å²) in [5, 5.41) is 16.9. The van der Waals surface area contributed by atoms with Gasteiger partial charge in [0.2, 0.25) is 0 Å². The third kappa shape index (κ3) is 9.06. The molecule has 0 atom stereocenters. The Morgan fingerprint density at radius 1 is 1.18 bits per heavy atom. The summed E-state index contributed by atoms with van der Waals surface area (Å²) in [5.74, 6) is -2.93. The molecule has 0 fully saturated rings. The standard InChI is InChI=1S/C10H15NO6/c1-11(2,7-9(14)15)5-6-17-10(16)4-3-8(12)13/h3-4H,5-7H2,1-2H3,(H-,12,13,14,15)/p+1/b4-3+. The topological polar surface area (TPSA) is 101 Å². The van der Waals surface area contributed by atoms with Crippen LogP contribution in [-0.4, -0.2) is 66.4 Å². The van der Waals surface area contributed by atoms with E-state index in [4.69, 9.17) is 14.9 Å². The number of carboxylic acid groups (broad SMARTS) is 2. The van der Waals surface area contributed by atoms with Crippen molar-refractivity contribution < 1.29 is 33.8 Å². The summed E-state index contributed by atoms with van der Waals surface area (Å²) in [7, 11) is 3.38. The molecule has 0 spiro atoms. The molecule has 0 heterocycles. The Hall–Kier alpha value is -1.89. The van der Waals surface area contributed by atoms with Crippen molar-refractivity contribution in [2.24, 2.45) is 0 Å². The van der Waals surface area contributed by atoms with Gasteiger partial charge in [0.15, 0.2) is 6.54 Å². The number of aliphatic carboxylic acids is 2. The lowest BCUT2D eigenvalue weighted by molar-refractivity contribution is -0.883. The molecule has 2 N–H and O–H groups in total. The number of carboxylic acids is 2. The third-order valence-corrected chi connectivity index (χ3v) is 1.87. The maximum Gasteiger partial charge on any atom is 0.359 e. The predicted octanol–water partition coefficient (Wildman–Crippen LogP) is -0.669. The van der Waals surface area contributed by atoms with Gasteiger partial charge in [-0.15, -0.1) is 0 Å². The number of carbonyl (C=O) groups is 3. The largest absolute Gasteiger partial charge is 0.478 e. The lowest BCUT2D eigenvalue weighted by atomic mass is 10.4. The first-order chi connectivity index (χ1) is 7.73. The van der Waals surface area contributed by atoms with Crippen LogP contribution in [0.1, 0.15) is 0 Å². The van der Waals surface area contributed by atoms with Gasteiger partial charge in [0, 0.05) is 12.2 Å². The van der Waals surface area contributed by atoms with Crippen LogP contribution < -0.4 is 0 Å². The monoisotopic (exact) mass is 246 g/mol. The highest BCUT2D eigenvalue weighted by Gasteiger charge is 2.19. The van der Waals surface area contributed by atoms with Crippen LogP contribution >= 0.6 is 0 Å². The summed E-state index contributed by atoms with van der Waals surface area (Å²) in [4.78, 5) is 31.5. The van der Waals surface area contributed by atoms with E-state index in [1.54, 1.807) is 14.1 Å². The molecular weight excluding hydrogens is 230 g/mol. The average Bonchev–Trinajstić information content (AvgIpc) is 2.12. The highest BCUT2D eigenvalue weighted by molar-refractivity contribution is 5.90. The molecule has 0 aromatic heterocycles. The number of nitrogens with zero attached hydrogens (tertiary/aromatic N) is 1. The Labute approximate surface area is 98.5 Å². The van der Waals surface area contributed by atoms with Gasteiger partial charge in [-0.25, -0.2) is 14.4 Å². The number of ether oxygens (including phenoxy) is 1. The van der Waals surface area contributed by atoms with Gasteiger partial charge < -0.3 is 19.4 Å². The Bertz CT molecular complexity index is 334. The Kier molecular flexibility index (Phi) is 5.90. The van der Waals surface area contributed by atoms with Gasteiger partial charge in [-0.1, -0.05) is 0 Å². The fourth-order valence-corrected chi connectivity index (χ4v) is 1.03. The summed E-state index contributed by atoms with van der Waals surface area (Å²) in [6.45, 7) is 0.282. The maximum absolute atomic E-state index is 11.0. The molecule has 0 aliphatic carbocycles. The number of hydrogen-bond acceptors (Lipinski definition) is 4. The lowest BCUT2D eigenvalue weighted by Crippen LogP contribution is -2.46. The smallest absolute Gasteiger partial charge is 0.359 e. The van der Waals surface area contributed by atoms with E-state index >= 15 is 0 Å². The molecule has 0 radical (unpaired) electrons. The van der Waals surface area contributed by atoms with Gasteiger partial charge >= 0.3 is 17.9 Å². The molecule has 0 aromatic rings. The van der Waals surface area contributed by atoms with Crippen molar-refractivity contribution in [2.75, 3.05) is 33.8 Å². The second-order valence-corrected chi connectivity index (χ2v) is 4.05. The zero-order chi connectivity index (χ0) is 13.5. The van der Waals surface area contributed by atoms with Crippen molar-refractivity contribution in [3.05, 3.63) is 12.2 Å². The van der Waals surface area contributed by atoms with Gasteiger partial charge in [-0.2, -0.15) is 0 Å². The molecule has 0 aliphatic rings. The summed E-state index contributed by atoms with van der Waals surface area (Å²) in [6.07, 6.45) is 1.49. The van der Waals surface area contributed by atoms with Gasteiger partial charge in [-0.05, 0) is 0 Å². The van der Waals surface area contributed by atoms with E-state index in [0.29, 0.717) is 12.6 Å². The molecule has 0 aromatic carbocycles. The van der Waals surface area contributed by atoms with Crippen LogP contribution in [-0.2, 0) is 19.1 Å². The number of hydrogen-bond donors (Lipinski definition) is 2. The number of esters is 1. The molecule has 0 bridgehead atoms. The number of rotatable bonds is 7. The molecule has 0 rings (SSSR count). The first-order valence-electron chi connectivity index (χ1n) is 4.84. The molecule has 0 unspecified atom stereocenters. The van der Waals surface area contributed by atoms with Gasteiger partial charge in [-0.3, -0.25) is 0 Å². The summed E-state index contributed by atoms with van der Waals surface area (Å²) in [5.41, 5.74) is 0. The van der Waals surface area contributed by atoms with E-state index in [1.807, 2.05) is 0 Å². The SMILES string of the molecule is C[N+](C)(CCOC(=O)/C=C/C(=O)O)CC(=O)O. The van der Waals surface area contributed by atoms with Gasteiger partial charge in [0.1, 0.15) is 13.2 Å². The Balaban J connectivity index is 3.94. The van der Waals surface area contributed by atoms with Crippen LogP contribution in [0, 0.1) is 0 Å².